The monoisotopic (exact) mass is 681 g/mol. The minimum absolute atomic E-state index is 0. The molecule has 0 aliphatic rings. The topological polar surface area (TPSA) is 117 Å². The predicted octanol–water partition coefficient (Wildman–Crippen LogP) is 6.95. The molecule has 0 bridgehead atoms. The van der Waals surface area contributed by atoms with Gasteiger partial charge in [0, 0.05) is 83.1 Å². The Morgan fingerprint density at radius 3 is 1.18 bits per heavy atom. The number of hydrogen-bond donors (Lipinski definition) is 0. The van der Waals surface area contributed by atoms with Gasteiger partial charge < -0.3 is 4.55 Å². The van der Waals surface area contributed by atoms with Gasteiger partial charge >= 0.3 is 0 Å². The first-order chi connectivity index (χ1) is 21.2. The maximum Gasteiger partial charge on any atom is 0.0964 e. The summed E-state index contributed by atoms with van der Waals surface area (Å²) in [4.78, 5) is 25.7. The molecule has 0 radical (unpaired) electrons. The molecule has 0 saturated carbocycles. The van der Waals surface area contributed by atoms with Crippen LogP contribution in [0.25, 0.3) is 55.0 Å². The summed E-state index contributed by atoms with van der Waals surface area (Å²) in [5.41, 5.74) is 5.29. The Labute approximate surface area is 268 Å². The first-order valence-corrected chi connectivity index (χ1v) is 14.4. The van der Waals surface area contributed by atoms with Crippen molar-refractivity contribution in [2.75, 3.05) is 0 Å². The van der Waals surface area contributed by atoms with Crippen molar-refractivity contribution in [3.8, 4) is 11.4 Å². The van der Waals surface area contributed by atoms with Crippen molar-refractivity contribution >= 4 is 54.7 Å². The number of pyridine rings is 6. The van der Waals surface area contributed by atoms with Crippen molar-refractivity contribution < 1.29 is 28.2 Å². The fourth-order valence-corrected chi connectivity index (χ4v) is 4.82. The zero-order valence-corrected chi connectivity index (χ0v) is 25.6. The maximum atomic E-state index is 10.6. The van der Waals surface area contributed by atoms with E-state index in [4.69, 9.17) is 0 Å². The Balaban J connectivity index is 0.000000129. The summed E-state index contributed by atoms with van der Waals surface area (Å²) in [5, 5.41) is 4.55. The van der Waals surface area contributed by atoms with Gasteiger partial charge in [-0.2, -0.15) is 0 Å². The van der Waals surface area contributed by atoms with Crippen LogP contribution in [-0.4, -0.2) is 38.7 Å². The van der Waals surface area contributed by atoms with Crippen LogP contribution in [0.5, 0.6) is 0 Å². The van der Waals surface area contributed by atoms with Crippen LogP contribution in [0.2, 0.25) is 0 Å². The summed E-state index contributed by atoms with van der Waals surface area (Å²) in [6, 6.07) is 32.9. The Morgan fingerprint density at radius 1 is 0.432 bits per heavy atom. The van der Waals surface area contributed by atoms with Crippen molar-refractivity contribution in [2.24, 2.45) is 0 Å². The summed E-state index contributed by atoms with van der Waals surface area (Å²) in [6.45, 7) is 0. The molecule has 8 aromatic rings. The van der Waals surface area contributed by atoms with Crippen molar-refractivity contribution in [2.45, 2.75) is 4.90 Å². The minimum atomic E-state index is -2.23. The summed E-state index contributed by atoms with van der Waals surface area (Å²) in [7, 11) is 0. The van der Waals surface area contributed by atoms with Gasteiger partial charge in [0.2, 0.25) is 0 Å². The zero-order valence-electron chi connectivity index (χ0n) is 23.0. The second-order valence-electron chi connectivity index (χ2n) is 9.26. The molecule has 0 N–H and O–H groups in total. The van der Waals surface area contributed by atoms with Gasteiger partial charge in [-0.25, -0.2) is 0 Å². The van der Waals surface area contributed by atoms with Crippen LogP contribution in [-0.2, 0) is 30.6 Å². The van der Waals surface area contributed by atoms with Crippen molar-refractivity contribution in [3.05, 3.63) is 140 Å². The van der Waals surface area contributed by atoms with Gasteiger partial charge in [0.1, 0.15) is 0 Å². The van der Waals surface area contributed by atoms with E-state index in [1.165, 1.54) is 12.3 Å². The van der Waals surface area contributed by atoms with E-state index in [0.717, 1.165) is 49.3 Å². The average Bonchev–Trinajstić information content (AvgIpc) is 3.09. The van der Waals surface area contributed by atoms with Gasteiger partial charge in [-0.3, -0.25) is 34.1 Å². The molecular weight excluding hydrogens is 658 g/mol. The third-order valence-corrected chi connectivity index (χ3v) is 7.17. The molecule has 1 unspecified atom stereocenters. The molecule has 1 atom stereocenters. The van der Waals surface area contributed by atoms with Crippen LogP contribution in [0.15, 0.2) is 145 Å². The number of nitrogens with zero attached hydrogens (tertiary/aromatic N) is 6. The smallest absolute Gasteiger partial charge is 0.0964 e. The number of fused-ring (bicyclic) bond motifs is 6. The number of aromatic nitrogens is 6. The Hall–Kier alpha value is -4.89. The fraction of sp³-hybridized carbons (Fsp3) is 0. The van der Waals surface area contributed by atoms with Crippen molar-refractivity contribution in [1.29, 1.82) is 0 Å². The number of rotatable bonds is 2. The minimum Gasteiger partial charge on any atom is -0.768 e. The van der Waals surface area contributed by atoms with Crippen LogP contribution in [0.3, 0.4) is 0 Å². The second kappa shape index (κ2) is 14.5. The first-order valence-electron chi connectivity index (χ1n) is 13.3. The third kappa shape index (κ3) is 7.01. The molecule has 0 aliphatic carbocycles. The van der Waals surface area contributed by atoms with Gasteiger partial charge in [-0.05, 0) is 59.6 Å². The molecule has 8 rings (SSSR count). The SMILES string of the molecule is O=S([O-])c1ccc(-c2ccccn2)nc1.[Ru].c1cnc2c(c1)ccc1cccnc12.c1cnc2c(c1)ccc1cccnc12. The molecule has 8 nitrogen and oxygen atoms in total. The third-order valence-electron chi connectivity index (χ3n) is 6.55. The van der Waals surface area contributed by atoms with E-state index >= 15 is 0 Å². The standard InChI is InChI=1S/2C12H8N2.C10H8N2O2S.Ru/c2*1-3-9-5-6-10-4-2-8-14-12(10)11(9)13-7-1;13-15(14)8-4-5-10(12-7-8)9-3-1-2-6-11-9;/h2*1-8H;1-7H,(H,13,14);/p-1. The zero-order chi connectivity index (χ0) is 29.4. The molecule has 2 aromatic carbocycles. The molecule has 10 heteroatoms. The van der Waals surface area contributed by atoms with Gasteiger partial charge in [0.05, 0.1) is 33.5 Å². The van der Waals surface area contributed by atoms with Crippen LogP contribution >= 0.6 is 0 Å². The van der Waals surface area contributed by atoms with E-state index in [0.29, 0.717) is 5.69 Å². The first kappa shape index (κ1) is 30.6. The van der Waals surface area contributed by atoms with E-state index in [9.17, 15) is 8.76 Å². The molecule has 44 heavy (non-hydrogen) atoms. The molecule has 216 valence electrons. The van der Waals surface area contributed by atoms with Gasteiger partial charge in [-0.15, -0.1) is 0 Å². The Kier molecular flexibility index (Phi) is 10.1. The summed E-state index contributed by atoms with van der Waals surface area (Å²) in [5.74, 6) is 0. The maximum absolute atomic E-state index is 10.6. The average molecular weight is 681 g/mol. The number of benzene rings is 2. The van der Waals surface area contributed by atoms with Crippen LogP contribution in [0.4, 0.5) is 0 Å². The van der Waals surface area contributed by atoms with Crippen molar-refractivity contribution in [3.63, 3.8) is 0 Å². The van der Waals surface area contributed by atoms with E-state index in [1.807, 2.05) is 42.5 Å². The largest absolute Gasteiger partial charge is 0.768 e. The van der Waals surface area contributed by atoms with Crippen molar-refractivity contribution in [1.82, 2.24) is 29.9 Å². The molecule has 0 spiro atoms. The Bertz CT molecular complexity index is 1960. The van der Waals surface area contributed by atoms with Gasteiger partial charge in [0.15, 0.2) is 0 Å². The number of hydrogen-bond acceptors (Lipinski definition) is 8. The quantitative estimate of drug-likeness (QED) is 0.109. The summed E-state index contributed by atoms with van der Waals surface area (Å²) in [6.07, 6.45) is 10.2. The molecule has 0 saturated heterocycles. The van der Waals surface area contributed by atoms with E-state index < -0.39 is 11.1 Å². The summed E-state index contributed by atoms with van der Waals surface area (Å²) >= 11 is -2.23. The van der Waals surface area contributed by atoms with E-state index in [2.05, 4.69) is 78.4 Å². The Morgan fingerprint density at radius 2 is 0.841 bits per heavy atom. The molecule has 0 fully saturated rings. The van der Waals surface area contributed by atoms with E-state index in [-0.39, 0.29) is 24.4 Å². The molecule has 0 amide bonds. The molecule has 6 heterocycles. The molecule has 0 aliphatic heterocycles. The predicted molar refractivity (Wildman–Crippen MR) is 169 cm³/mol. The molecule has 6 aromatic heterocycles. The normalized spacial score (nSPS) is 11.1. The second-order valence-corrected chi connectivity index (χ2v) is 10.2. The van der Waals surface area contributed by atoms with E-state index in [1.54, 1.807) is 37.1 Å². The van der Waals surface area contributed by atoms with Gasteiger partial charge in [0.25, 0.3) is 0 Å². The summed E-state index contributed by atoms with van der Waals surface area (Å²) < 4.78 is 21.2. The van der Waals surface area contributed by atoms with Crippen LogP contribution in [0.1, 0.15) is 0 Å². The van der Waals surface area contributed by atoms with Crippen LogP contribution < -0.4 is 0 Å². The fourth-order valence-electron chi connectivity index (χ4n) is 4.50. The molecular formula is C34H23N6O2RuS-. The van der Waals surface area contributed by atoms with Crippen LogP contribution in [0, 0.1) is 0 Å². The van der Waals surface area contributed by atoms with Gasteiger partial charge in [-0.1, -0.05) is 54.6 Å².